The van der Waals surface area contributed by atoms with Crippen molar-refractivity contribution < 1.29 is 14.3 Å². The van der Waals surface area contributed by atoms with Crippen LogP contribution in [0.5, 0.6) is 11.5 Å². The molecule has 0 saturated carbocycles. The van der Waals surface area contributed by atoms with Crippen LogP contribution in [-0.2, 0) is 0 Å². The highest BCUT2D eigenvalue weighted by atomic mass is 35.5. The van der Waals surface area contributed by atoms with Crippen LogP contribution < -0.4 is 20.1 Å². The number of aromatic nitrogens is 1. The van der Waals surface area contributed by atoms with Gasteiger partial charge in [0.15, 0.2) is 0 Å². The van der Waals surface area contributed by atoms with E-state index in [0.29, 0.717) is 33.6 Å². The van der Waals surface area contributed by atoms with Crippen molar-refractivity contribution in [1.82, 2.24) is 4.98 Å². The normalized spacial score (nSPS) is 10.3. The van der Waals surface area contributed by atoms with Gasteiger partial charge in [-0.2, -0.15) is 0 Å². The minimum atomic E-state index is -0.308. The van der Waals surface area contributed by atoms with E-state index in [2.05, 4.69) is 15.6 Å². The number of ether oxygens (including phenoxy) is 2. The van der Waals surface area contributed by atoms with Crippen LogP contribution >= 0.6 is 11.6 Å². The third kappa shape index (κ3) is 4.53. The van der Waals surface area contributed by atoms with Crippen molar-refractivity contribution in [2.75, 3.05) is 24.9 Å². The molecular formula is C21H20ClN3O3. The maximum Gasteiger partial charge on any atom is 0.255 e. The predicted molar refractivity (Wildman–Crippen MR) is 111 cm³/mol. The monoisotopic (exact) mass is 397 g/mol. The van der Waals surface area contributed by atoms with E-state index in [1.165, 1.54) is 19.8 Å². The van der Waals surface area contributed by atoms with E-state index in [0.717, 1.165) is 5.69 Å². The molecule has 2 aromatic carbocycles. The predicted octanol–water partition coefficient (Wildman–Crippen LogP) is 5.06. The lowest BCUT2D eigenvalue weighted by atomic mass is 10.2. The highest BCUT2D eigenvalue weighted by molar-refractivity contribution is 6.32. The first-order valence-electron chi connectivity index (χ1n) is 8.53. The van der Waals surface area contributed by atoms with E-state index in [4.69, 9.17) is 21.1 Å². The smallest absolute Gasteiger partial charge is 0.255 e. The van der Waals surface area contributed by atoms with Crippen LogP contribution in [0.3, 0.4) is 0 Å². The van der Waals surface area contributed by atoms with Crippen LogP contribution in [0, 0.1) is 6.92 Å². The molecule has 1 heterocycles. The van der Waals surface area contributed by atoms with E-state index in [1.807, 2.05) is 31.2 Å². The SMILES string of the molecule is COc1cc(NC(=O)c2ccnc(Nc3ccc(C)cc3)c2)c(OC)cc1Cl. The summed E-state index contributed by atoms with van der Waals surface area (Å²) in [6, 6.07) is 14.4. The first kappa shape index (κ1) is 19.5. The van der Waals surface area contributed by atoms with Crippen LogP contribution in [0.2, 0.25) is 5.02 Å². The molecule has 0 aliphatic carbocycles. The number of rotatable bonds is 6. The summed E-state index contributed by atoms with van der Waals surface area (Å²) in [6.07, 6.45) is 1.57. The Bertz CT molecular complexity index is 991. The Morgan fingerprint density at radius 2 is 1.71 bits per heavy atom. The van der Waals surface area contributed by atoms with Crippen LogP contribution in [0.25, 0.3) is 0 Å². The fourth-order valence-electron chi connectivity index (χ4n) is 2.58. The van der Waals surface area contributed by atoms with Gasteiger partial charge < -0.3 is 20.1 Å². The molecular weight excluding hydrogens is 378 g/mol. The van der Waals surface area contributed by atoms with Gasteiger partial charge in [-0.05, 0) is 31.2 Å². The fourth-order valence-corrected chi connectivity index (χ4v) is 2.81. The second-order valence-electron chi connectivity index (χ2n) is 6.06. The number of nitrogens with one attached hydrogen (secondary N) is 2. The van der Waals surface area contributed by atoms with Crippen molar-refractivity contribution in [3.05, 3.63) is 70.9 Å². The van der Waals surface area contributed by atoms with Crippen LogP contribution in [0.15, 0.2) is 54.7 Å². The number of anilines is 3. The summed E-state index contributed by atoms with van der Waals surface area (Å²) in [4.78, 5) is 17.0. The van der Waals surface area contributed by atoms with Gasteiger partial charge in [-0.25, -0.2) is 4.98 Å². The lowest BCUT2D eigenvalue weighted by Crippen LogP contribution is -2.13. The summed E-state index contributed by atoms with van der Waals surface area (Å²) in [5.41, 5.74) is 2.96. The molecule has 0 fully saturated rings. The Kier molecular flexibility index (Phi) is 6.01. The second-order valence-corrected chi connectivity index (χ2v) is 6.47. The van der Waals surface area contributed by atoms with E-state index in [1.54, 1.807) is 30.5 Å². The van der Waals surface area contributed by atoms with Crippen molar-refractivity contribution in [2.45, 2.75) is 6.92 Å². The Balaban J connectivity index is 1.81. The highest BCUT2D eigenvalue weighted by Gasteiger charge is 2.14. The summed E-state index contributed by atoms with van der Waals surface area (Å²) in [6.45, 7) is 2.02. The maximum absolute atomic E-state index is 12.7. The Morgan fingerprint density at radius 3 is 2.39 bits per heavy atom. The van der Waals surface area contributed by atoms with Gasteiger partial charge in [0.2, 0.25) is 0 Å². The molecule has 3 aromatic rings. The molecule has 0 atom stereocenters. The van der Waals surface area contributed by atoms with Gasteiger partial charge in [0.05, 0.1) is 24.9 Å². The molecule has 0 radical (unpaired) electrons. The largest absolute Gasteiger partial charge is 0.495 e. The molecule has 28 heavy (non-hydrogen) atoms. The molecule has 0 saturated heterocycles. The molecule has 2 N–H and O–H groups in total. The fraction of sp³-hybridized carbons (Fsp3) is 0.143. The molecule has 0 aliphatic heterocycles. The number of hydrogen-bond acceptors (Lipinski definition) is 5. The number of carbonyl (C=O) groups is 1. The Morgan fingerprint density at radius 1 is 1.00 bits per heavy atom. The number of aryl methyl sites for hydroxylation is 1. The average Bonchev–Trinajstić information content (AvgIpc) is 2.70. The summed E-state index contributed by atoms with van der Waals surface area (Å²) in [7, 11) is 3.01. The molecule has 0 aliphatic rings. The Hall–Kier alpha value is -3.25. The molecule has 144 valence electrons. The van der Waals surface area contributed by atoms with E-state index in [-0.39, 0.29) is 5.91 Å². The molecule has 0 unspecified atom stereocenters. The first-order chi connectivity index (χ1) is 13.5. The van der Waals surface area contributed by atoms with Gasteiger partial charge in [-0.3, -0.25) is 4.79 Å². The Labute approximate surface area is 168 Å². The van der Waals surface area contributed by atoms with Crippen LogP contribution in [0.1, 0.15) is 15.9 Å². The quantitative estimate of drug-likeness (QED) is 0.608. The lowest BCUT2D eigenvalue weighted by Gasteiger charge is -2.13. The van der Waals surface area contributed by atoms with E-state index >= 15 is 0 Å². The zero-order valence-electron chi connectivity index (χ0n) is 15.7. The van der Waals surface area contributed by atoms with Crippen molar-refractivity contribution in [1.29, 1.82) is 0 Å². The third-order valence-electron chi connectivity index (χ3n) is 4.07. The highest BCUT2D eigenvalue weighted by Crippen LogP contribution is 2.36. The molecule has 1 aromatic heterocycles. The number of hydrogen-bond donors (Lipinski definition) is 2. The minimum absolute atomic E-state index is 0.308. The first-order valence-corrected chi connectivity index (χ1v) is 8.90. The maximum atomic E-state index is 12.7. The number of benzene rings is 2. The zero-order chi connectivity index (χ0) is 20.1. The number of methoxy groups -OCH3 is 2. The van der Waals surface area contributed by atoms with Crippen molar-refractivity contribution >= 4 is 34.7 Å². The second kappa shape index (κ2) is 8.63. The summed E-state index contributed by atoms with van der Waals surface area (Å²) >= 11 is 6.11. The summed E-state index contributed by atoms with van der Waals surface area (Å²) in [5.74, 6) is 1.13. The molecule has 7 heteroatoms. The summed E-state index contributed by atoms with van der Waals surface area (Å²) < 4.78 is 10.5. The van der Waals surface area contributed by atoms with Crippen LogP contribution in [-0.4, -0.2) is 25.1 Å². The molecule has 0 bridgehead atoms. The number of amides is 1. The average molecular weight is 398 g/mol. The zero-order valence-corrected chi connectivity index (χ0v) is 16.5. The minimum Gasteiger partial charge on any atom is -0.495 e. The number of nitrogens with zero attached hydrogens (tertiary/aromatic N) is 1. The molecule has 0 spiro atoms. The van der Waals surface area contributed by atoms with Gasteiger partial charge >= 0.3 is 0 Å². The van der Waals surface area contributed by atoms with Gasteiger partial charge in [-0.1, -0.05) is 29.3 Å². The van der Waals surface area contributed by atoms with Gasteiger partial charge in [0, 0.05) is 29.6 Å². The molecule has 3 rings (SSSR count). The van der Waals surface area contributed by atoms with Crippen molar-refractivity contribution in [3.63, 3.8) is 0 Å². The number of carbonyl (C=O) groups excluding carboxylic acids is 1. The topological polar surface area (TPSA) is 72.5 Å². The number of pyridine rings is 1. The van der Waals surface area contributed by atoms with E-state index < -0.39 is 0 Å². The van der Waals surface area contributed by atoms with E-state index in [9.17, 15) is 4.79 Å². The van der Waals surface area contributed by atoms with Crippen molar-refractivity contribution in [2.24, 2.45) is 0 Å². The number of halogens is 1. The van der Waals surface area contributed by atoms with Gasteiger partial charge in [0.25, 0.3) is 5.91 Å². The van der Waals surface area contributed by atoms with Crippen LogP contribution in [0.4, 0.5) is 17.2 Å². The third-order valence-corrected chi connectivity index (χ3v) is 4.36. The van der Waals surface area contributed by atoms with Gasteiger partial charge in [0.1, 0.15) is 17.3 Å². The lowest BCUT2D eigenvalue weighted by molar-refractivity contribution is 0.102. The van der Waals surface area contributed by atoms with Crippen molar-refractivity contribution in [3.8, 4) is 11.5 Å². The standard InChI is InChI=1S/C21H20ClN3O3/c1-13-4-6-15(7-5-13)24-20-10-14(8-9-23-20)21(26)25-17-12-18(27-2)16(22)11-19(17)28-3/h4-12H,1-3H3,(H,23,24)(H,25,26). The molecule has 1 amide bonds. The summed E-state index contributed by atoms with van der Waals surface area (Å²) in [5, 5.41) is 6.40. The van der Waals surface area contributed by atoms with Gasteiger partial charge in [-0.15, -0.1) is 0 Å². The molecule has 6 nitrogen and oxygen atoms in total.